The van der Waals surface area contributed by atoms with Crippen molar-refractivity contribution < 1.29 is 36.8 Å². The first-order valence-electron chi connectivity index (χ1n) is 8.99. The van der Waals surface area contributed by atoms with Crippen LogP contribution in [0.1, 0.15) is 23.7 Å². The number of nitrogens with one attached hydrogen (secondary N) is 1. The molecule has 1 aromatic heterocycles. The van der Waals surface area contributed by atoms with E-state index in [0.717, 1.165) is 0 Å². The topological polar surface area (TPSA) is 195 Å². The van der Waals surface area contributed by atoms with Crippen molar-refractivity contribution in [3.8, 4) is 0 Å². The number of pyridine rings is 1. The molecule has 0 aliphatic rings. The van der Waals surface area contributed by atoms with Crippen LogP contribution in [0.2, 0.25) is 0 Å². The van der Waals surface area contributed by atoms with Gasteiger partial charge in [0, 0.05) is 41.8 Å². The first-order chi connectivity index (χ1) is 15.0. The van der Waals surface area contributed by atoms with Crippen LogP contribution in [0.3, 0.4) is 0 Å². The van der Waals surface area contributed by atoms with Crippen molar-refractivity contribution in [3.05, 3.63) is 58.3 Å². The number of aromatic nitrogens is 1. The van der Waals surface area contributed by atoms with E-state index in [4.69, 9.17) is 22.3 Å². The van der Waals surface area contributed by atoms with Gasteiger partial charge >= 0.3 is 5.97 Å². The van der Waals surface area contributed by atoms with Gasteiger partial charge < -0.3 is 19.2 Å². The molecular formula is C18H20N4O9S-2. The Morgan fingerprint density at radius 1 is 1.22 bits per heavy atom. The monoisotopic (exact) mass is 468 g/mol. The maximum absolute atomic E-state index is 13.0. The number of hydrogen-bond donors (Lipinski definition) is 1. The van der Waals surface area contributed by atoms with Crippen LogP contribution in [0.4, 0.5) is 17.2 Å². The number of carbonyl (C=O) groups is 2. The summed E-state index contributed by atoms with van der Waals surface area (Å²) in [6.45, 7) is 1.98. The summed E-state index contributed by atoms with van der Waals surface area (Å²) in [5.41, 5.74) is 0.206. The lowest BCUT2D eigenvalue weighted by atomic mass is 10.1. The smallest absolute Gasteiger partial charge is 0.307 e. The SMILES string of the molecule is CCOC(=O)CCN(C(=O)c1ccc(NC)c([N+](=O)[O-])c1)c1ccccn1.O=S(=O)([O-])[O-]. The quantitative estimate of drug-likeness (QED) is 0.193. The molecule has 0 bridgehead atoms. The van der Waals surface area contributed by atoms with Crippen LogP contribution in [0.15, 0.2) is 42.6 Å². The zero-order chi connectivity index (χ0) is 24.3. The Morgan fingerprint density at radius 3 is 2.38 bits per heavy atom. The molecule has 14 heteroatoms. The number of esters is 1. The Hall–Kier alpha value is -3.62. The number of benzene rings is 1. The van der Waals surface area contributed by atoms with E-state index in [9.17, 15) is 19.7 Å². The molecule has 0 aliphatic carbocycles. The first kappa shape index (κ1) is 26.4. The molecular weight excluding hydrogens is 448 g/mol. The molecule has 0 unspecified atom stereocenters. The highest BCUT2D eigenvalue weighted by molar-refractivity contribution is 7.79. The van der Waals surface area contributed by atoms with Gasteiger partial charge in [0.1, 0.15) is 11.5 Å². The molecule has 1 N–H and O–H groups in total. The Bertz CT molecular complexity index is 1040. The van der Waals surface area contributed by atoms with Crippen molar-refractivity contribution in [1.82, 2.24) is 4.98 Å². The van der Waals surface area contributed by atoms with Gasteiger partial charge in [-0.2, -0.15) is 0 Å². The molecule has 2 rings (SSSR count). The summed E-state index contributed by atoms with van der Waals surface area (Å²) in [4.78, 5) is 40.8. The maximum atomic E-state index is 13.0. The fraction of sp³-hybridized carbons (Fsp3) is 0.278. The molecule has 0 aliphatic heterocycles. The van der Waals surface area contributed by atoms with Crippen LogP contribution in [-0.2, 0) is 19.9 Å². The predicted octanol–water partition coefficient (Wildman–Crippen LogP) is 1.29. The number of amides is 1. The summed E-state index contributed by atoms with van der Waals surface area (Å²) in [5.74, 6) is -0.598. The molecule has 1 amide bonds. The first-order valence-corrected chi connectivity index (χ1v) is 10.3. The number of carbonyl (C=O) groups excluding carboxylic acids is 2. The van der Waals surface area contributed by atoms with Crippen LogP contribution in [0.5, 0.6) is 0 Å². The van der Waals surface area contributed by atoms with E-state index < -0.39 is 27.2 Å². The Balaban J connectivity index is 0.000000920. The van der Waals surface area contributed by atoms with Crippen LogP contribution < -0.4 is 10.2 Å². The molecule has 0 fully saturated rings. The largest absolute Gasteiger partial charge is 0.759 e. The number of nitrogens with zero attached hydrogens (tertiary/aromatic N) is 3. The van der Waals surface area contributed by atoms with Crippen LogP contribution in [0.25, 0.3) is 0 Å². The van der Waals surface area contributed by atoms with Gasteiger partial charge in [0.2, 0.25) is 0 Å². The van der Waals surface area contributed by atoms with Gasteiger partial charge in [-0.3, -0.25) is 33.0 Å². The average molecular weight is 468 g/mol. The highest BCUT2D eigenvalue weighted by Gasteiger charge is 2.23. The lowest BCUT2D eigenvalue weighted by Crippen LogP contribution is -2.34. The van der Waals surface area contributed by atoms with E-state index in [1.54, 1.807) is 32.2 Å². The second-order valence-corrected chi connectivity index (χ2v) is 6.66. The highest BCUT2D eigenvalue weighted by Crippen LogP contribution is 2.26. The number of nitro groups is 1. The number of hydrogen-bond acceptors (Lipinski definition) is 11. The fourth-order valence-corrected chi connectivity index (χ4v) is 2.45. The van der Waals surface area contributed by atoms with Gasteiger partial charge in [-0.25, -0.2) is 4.98 Å². The van der Waals surface area contributed by atoms with Gasteiger partial charge in [-0.05, 0) is 31.2 Å². The van der Waals surface area contributed by atoms with Gasteiger partial charge in [0.05, 0.1) is 18.0 Å². The van der Waals surface area contributed by atoms with E-state index >= 15 is 0 Å². The molecule has 32 heavy (non-hydrogen) atoms. The Labute approximate surface area is 183 Å². The summed E-state index contributed by atoms with van der Waals surface area (Å²) in [7, 11) is -3.61. The van der Waals surface area contributed by atoms with Crippen LogP contribution >= 0.6 is 0 Å². The summed E-state index contributed by atoms with van der Waals surface area (Å²) in [6, 6.07) is 9.19. The Kier molecular flexibility index (Phi) is 10.1. The van der Waals surface area contributed by atoms with Crippen molar-refractivity contribution >= 4 is 39.5 Å². The lowest BCUT2D eigenvalue weighted by Gasteiger charge is -2.21. The summed E-state index contributed by atoms with van der Waals surface area (Å²) >= 11 is 0. The van der Waals surface area contributed by atoms with E-state index in [1.165, 1.54) is 29.3 Å². The van der Waals surface area contributed by atoms with E-state index in [-0.39, 0.29) is 30.8 Å². The second-order valence-electron chi connectivity index (χ2n) is 5.85. The minimum Gasteiger partial charge on any atom is -0.759 e. The van der Waals surface area contributed by atoms with Crippen molar-refractivity contribution in [2.75, 3.05) is 30.4 Å². The molecule has 0 saturated carbocycles. The zero-order valence-electron chi connectivity index (χ0n) is 17.1. The van der Waals surface area contributed by atoms with Gasteiger partial charge in [-0.1, -0.05) is 6.07 Å². The maximum Gasteiger partial charge on any atom is 0.307 e. The van der Waals surface area contributed by atoms with Crippen molar-refractivity contribution in [1.29, 1.82) is 0 Å². The zero-order valence-corrected chi connectivity index (χ0v) is 17.9. The van der Waals surface area contributed by atoms with Crippen LogP contribution in [0, 0.1) is 10.1 Å². The van der Waals surface area contributed by atoms with Crippen molar-refractivity contribution in [3.63, 3.8) is 0 Å². The van der Waals surface area contributed by atoms with E-state index in [1.807, 2.05) is 0 Å². The third kappa shape index (κ3) is 9.03. The summed E-state index contributed by atoms with van der Waals surface area (Å²) < 4.78 is 39.0. The molecule has 0 spiro atoms. The van der Waals surface area contributed by atoms with Gasteiger partial charge in [-0.15, -0.1) is 0 Å². The lowest BCUT2D eigenvalue weighted by molar-refractivity contribution is -0.384. The normalized spacial score (nSPS) is 10.4. The van der Waals surface area contributed by atoms with E-state index in [0.29, 0.717) is 11.5 Å². The number of nitro benzene ring substituents is 1. The van der Waals surface area contributed by atoms with Crippen molar-refractivity contribution in [2.45, 2.75) is 13.3 Å². The molecule has 0 radical (unpaired) electrons. The minimum atomic E-state index is -5.17. The predicted molar refractivity (Wildman–Crippen MR) is 110 cm³/mol. The van der Waals surface area contributed by atoms with E-state index in [2.05, 4.69) is 10.3 Å². The third-order valence-corrected chi connectivity index (χ3v) is 3.73. The summed E-state index contributed by atoms with van der Waals surface area (Å²) in [6.07, 6.45) is 1.50. The standard InChI is InChI=1S/C18H20N4O5.H2O4S/c1-3-27-17(23)9-11-21(16-6-4-5-10-20-16)18(24)13-7-8-14(19-2)15(12-13)22(25)26;1-5(2,3)4/h4-8,10,12,19H,3,9,11H2,1-2H3;(H2,1,2,3,4)/p-2. The average Bonchev–Trinajstić information content (AvgIpc) is 2.73. The van der Waals surface area contributed by atoms with Crippen LogP contribution in [-0.4, -0.2) is 59.5 Å². The molecule has 2 aromatic rings. The van der Waals surface area contributed by atoms with Gasteiger partial charge in [0.15, 0.2) is 0 Å². The number of anilines is 2. The summed E-state index contributed by atoms with van der Waals surface area (Å²) in [5, 5.41) is 14.0. The van der Waals surface area contributed by atoms with Gasteiger partial charge in [0.25, 0.3) is 11.6 Å². The number of ether oxygens (including phenoxy) is 1. The second kappa shape index (κ2) is 12.3. The minimum absolute atomic E-state index is 0.0210. The molecule has 174 valence electrons. The molecule has 1 aromatic carbocycles. The fourth-order valence-electron chi connectivity index (χ4n) is 2.45. The molecule has 13 nitrogen and oxygen atoms in total. The highest BCUT2D eigenvalue weighted by atomic mass is 32.3. The third-order valence-electron chi connectivity index (χ3n) is 3.73. The molecule has 0 saturated heterocycles. The number of rotatable bonds is 8. The van der Waals surface area contributed by atoms with Crippen molar-refractivity contribution in [2.24, 2.45) is 0 Å². The molecule has 0 atom stereocenters. The molecule has 1 heterocycles. The Morgan fingerprint density at radius 2 is 1.88 bits per heavy atom.